The van der Waals surface area contributed by atoms with E-state index in [9.17, 15) is 19.5 Å². The molecule has 0 heterocycles. The molecule has 0 saturated heterocycles. The summed E-state index contributed by atoms with van der Waals surface area (Å²) in [6.07, 6.45) is 2.75. The van der Waals surface area contributed by atoms with Crippen LogP contribution in [0.3, 0.4) is 0 Å². The summed E-state index contributed by atoms with van der Waals surface area (Å²) in [5.41, 5.74) is -0.385. The molecule has 3 N–H and O–H groups in total. The van der Waals surface area contributed by atoms with Crippen LogP contribution < -0.4 is 10.6 Å². The number of hydrogen-bond donors (Lipinski definition) is 3. The number of amides is 3. The Labute approximate surface area is 210 Å². The van der Waals surface area contributed by atoms with Crippen molar-refractivity contribution in [1.82, 2.24) is 15.5 Å². The van der Waals surface area contributed by atoms with Gasteiger partial charge < -0.3 is 25.4 Å². The highest BCUT2D eigenvalue weighted by Gasteiger charge is 2.40. The first-order valence-corrected chi connectivity index (χ1v) is 12.7. The summed E-state index contributed by atoms with van der Waals surface area (Å²) < 4.78 is 5.40. The van der Waals surface area contributed by atoms with Crippen LogP contribution in [0.2, 0.25) is 0 Å². The summed E-state index contributed by atoms with van der Waals surface area (Å²) in [4.78, 5) is 41.5. The Hall–Kier alpha value is -2.77. The van der Waals surface area contributed by atoms with E-state index in [1.807, 2.05) is 27.7 Å². The highest BCUT2D eigenvalue weighted by atomic mass is 16.6. The van der Waals surface area contributed by atoms with Crippen molar-refractivity contribution in [1.29, 1.82) is 0 Å². The number of rotatable bonds is 12. The lowest BCUT2D eigenvalue weighted by molar-refractivity contribution is -0.145. The third-order valence-electron chi connectivity index (χ3n) is 5.80. The lowest BCUT2D eigenvalue weighted by Crippen LogP contribution is -2.57. The highest BCUT2D eigenvalue weighted by molar-refractivity contribution is 5.92. The number of alkyl carbamates (subject to hydrolysis) is 1. The van der Waals surface area contributed by atoms with Crippen LogP contribution in [-0.4, -0.2) is 52.1 Å². The summed E-state index contributed by atoms with van der Waals surface area (Å²) >= 11 is 0. The SMILES string of the molecule is CCCCCNC(=O)C(c1ccccc1O)N(C(=O)C(NC(=O)OC(C)(C)C)C(C)CC)C(C)C. The first-order valence-electron chi connectivity index (χ1n) is 12.7. The molecule has 8 heteroatoms. The monoisotopic (exact) mass is 491 g/mol. The van der Waals surface area contributed by atoms with Gasteiger partial charge in [0.1, 0.15) is 23.4 Å². The maximum Gasteiger partial charge on any atom is 0.408 e. The average molecular weight is 492 g/mol. The molecule has 0 spiro atoms. The van der Waals surface area contributed by atoms with Crippen molar-refractivity contribution in [3.8, 4) is 5.75 Å². The van der Waals surface area contributed by atoms with Crippen LogP contribution in [0, 0.1) is 5.92 Å². The molecule has 0 aromatic heterocycles. The van der Waals surface area contributed by atoms with Gasteiger partial charge in [-0.3, -0.25) is 9.59 Å². The number of aromatic hydroxyl groups is 1. The number of nitrogens with one attached hydrogen (secondary N) is 2. The fourth-order valence-corrected chi connectivity index (χ4v) is 3.78. The van der Waals surface area contributed by atoms with Gasteiger partial charge in [-0.1, -0.05) is 58.2 Å². The number of ether oxygens (including phenoxy) is 1. The van der Waals surface area contributed by atoms with Crippen LogP contribution in [0.15, 0.2) is 24.3 Å². The Morgan fingerprint density at radius 1 is 1.06 bits per heavy atom. The second-order valence-corrected chi connectivity index (χ2v) is 10.3. The van der Waals surface area contributed by atoms with Gasteiger partial charge in [0.25, 0.3) is 0 Å². The molecule has 35 heavy (non-hydrogen) atoms. The quantitative estimate of drug-likeness (QED) is 0.360. The zero-order chi connectivity index (χ0) is 26.8. The van der Waals surface area contributed by atoms with E-state index in [2.05, 4.69) is 17.6 Å². The van der Waals surface area contributed by atoms with Crippen molar-refractivity contribution in [2.45, 2.75) is 105 Å². The number of nitrogens with zero attached hydrogens (tertiary/aromatic N) is 1. The van der Waals surface area contributed by atoms with Gasteiger partial charge in [0.05, 0.1) is 0 Å². The van der Waals surface area contributed by atoms with Crippen LogP contribution >= 0.6 is 0 Å². The molecule has 8 nitrogen and oxygen atoms in total. The summed E-state index contributed by atoms with van der Waals surface area (Å²) in [7, 11) is 0. The van der Waals surface area contributed by atoms with Gasteiger partial charge in [0.15, 0.2) is 0 Å². The number of phenolic OH excluding ortho intramolecular Hbond substituents is 1. The number of hydrogen-bond acceptors (Lipinski definition) is 5. The smallest absolute Gasteiger partial charge is 0.408 e. The van der Waals surface area contributed by atoms with E-state index in [-0.39, 0.29) is 23.6 Å². The number of phenols is 1. The molecule has 0 aliphatic heterocycles. The first-order chi connectivity index (χ1) is 16.3. The second-order valence-electron chi connectivity index (χ2n) is 10.3. The number of benzene rings is 1. The predicted molar refractivity (Wildman–Crippen MR) is 138 cm³/mol. The number of carbonyl (C=O) groups excluding carboxylic acids is 3. The minimum Gasteiger partial charge on any atom is -0.508 e. The van der Waals surface area contributed by atoms with Crippen molar-refractivity contribution in [3.05, 3.63) is 29.8 Å². The Bertz CT molecular complexity index is 834. The molecular weight excluding hydrogens is 446 g/mol. The van der Waals surface area contributed by atoms with Crippen molar-refractivity contribution in [2.24, 2.45) is 5.92 Å². The van der Waals surface area contributed by atoms with Crippen LogP contribution in [-0.2, 0) is 14.3 Å². The molecular formula is C27H45N3O5. The van der Waals surface area contributed by atoms with Crippen LogP contribution in [0.4, 0.5) is 4.79 Å². The van der Waals surface area contributed by atoms with E-state index in [4.69, 9.17) is 4.74 Å². The molecule has 0 aliphatic rings. The van der Waals surface area contributed by atoms with E-state index >= 15 is 0 Å². The molecule has 3 amide bonds. The Morgan fingerprint density at radius 3 is 2.20 bits per heavy atom. The van der Waals surface area contributed by atoms with Gasteiger partial charge in [0.2, 0.25) is 11.8 Å². The zero-order valence-electron chi connectivity index (χ0n) is 22.7. The van der Waals surface area contributed by atoms with Gasteiger partial charge >= 0.3 is 6.09 Å². The summed E-state index contributed by atoms with van der Waals surface area (Å²) in [6, 6.07) is 4.19. The Balaban J connectivity index is 3.42. The van der Waals surface area contributed by atoms with Crippen LogP contribution in [0.25, 0.3) is 0 Å². The van der Waals surface area contributed by atoms with Crippen molar-refractivity contribution in [2.75, 3.05) is 6.54 Å². The topological polar surface area (TPSA) is 108 Å². The molecule has 0 bridgehead atoms. The molecule has 0 saturated carbocycles. The van der Waals surface area contributed by atoms with Gasteiger partial charge in [0, 0.05) is 18.2 Å². The highest BCUT2D eigenvalue weighted by Crippen LogP contribution is 2.32. The molecule has 1 aromatic carbocycles. The maximum absolute atomic E-state index is 14.0. The molecule has 198 valence electrons. The normalized spacial score (nSPS) is 14.1. The van der Waals surface area contributed by atoms with Crippen LogP contribution in [0.5, 0.6) is 5.75 Å². The van der Waals surface area contributed by atoms with E-state index in [0.29, 0.717) is 18.5 Å². The third kappa shape index (κ3) is 9.42. The largest absolute Gasteiger partial charge is 0.508 e. The Morgan fingerprint density at radius 2 is 1.69 bits per heavy atom. The second kappa shape index (κ2) is 14.0. The van der Waals surface area contributed by atoms with E-state index in [0.717, 1.165) is 19.3 Å². The van der Waals surface area contributed by atoms with Gasteiger partial charge in [-0.25, -0.2) is 4.79 Å². The molecule has 0 aliphatic carbocycles. The van der Waals surface area contributed by atoms with Gasteiger partial charge in [-0.05, 0) is 53.0 Å². The van der Waals surface area contributed by atoms with Gasteiger partial charge in [-0.2, -0.15) is 0 Å². The summed E-state index contributed by atoms with van der Waals surface area (Å²) in [6.45, 7) is 15.3. The van der Waals surface area contributed by atoms with Crippen molar-refractivity contribution >= 4 is 17.9 Å². The summed E-state index contributed by atoms with van der Waals surface area (Å²) in [5, 5.41) is 16.3. The van der Waals surface area contributed by atoms with E-state index in [1.165, 1.54) is 11.0 Å². The fraction of sp³-hybridized carbons (Fsp3) is 0.667. The molecule has 3 atom stereocenters. The average Bonchev–Trinajstić information content (AvgIpc) is 2.76. The Kier molecular flexibility index (Phi) is 12.1. The van der Waals surface area contributed by atoms with E-state index < -0.39 is 29.7 Å². The molecule has 1 rings (SSSR count). The third-order valence-corrected chi connectivity index (χ3v) is 5.80. The lowest BCUT2D eigenvalue weighted by Gasteiger charge is -2.38. The van der Waals surface area contributed by atoms with E-state index in [1.54, 1.807) is 39.0 Å². The zero-order valence-corrected chi connectivity index (χ0v) is 22.7. The molecule has 0 radical (unpaired) electrons. The number of para-hydroxylation sites is 1. The van der Waals surface area contributed by atoms with Crippen molar-refractivity contribution in [3.63, 3.8) is 0 Å². The molecule has 0 fully saturated rings. The minimum absolute atomic E-state index is 0.0696. The molecule has 3 unspecified atom stereocenters. The summed E-state index contributed by atoms with van der Waals surface area (Å²) in [5.74, 6) is -1.06. The number of carbonyl (C=O) groups is 3. The van der Waals surface area contributed by atoms with Gasteiger partial charge in [-0.15, -0.1) is 0 Å². The minimum atomic E-state index is -1.06. The lowest BCUT2D eigenvalue weighted by atomic mass is 9.94. The van der Waals surface area contributed by atoms with Crippen LogP contribution in [0.1, 0.15) is 92.7 Å². The maximum atomic E-state index is 14.0. The molecule has 1 aromatic rings. The standard InChI is InChI=1S/C27H45N3O5/c1-9-11-14-17-28-24(32)23(20-15-12-13-16-21(20)31)30(18(3)4)25(33)22(19(5)10-2)29-26(34)35-27(6,7)8/h12-13,15-16,18-19,22-23,31H,9-11,14,17H2,1-8H3,(H,28,32)(H,29,34). The first kappa shape index (κ1) is 30.3. The van der Waals surface area contributed by atoms with Crippen molar-refractivity contribution < 1.29 is 24.2 Å². The fourth-order valence-electron chi connectivity index (χ4n) is 3.78. The predicted octanol–water partition coefficient (Wildman–Crippen LogP) is 4.92. The number of unbranched alkanes of at least 4 members (excludes halogenated alkanes) is 2.